The summed E-state index contributed by atoms with van der Waals surface area (Å²) in [6.45, 7) is 8.37. The van der Waals surface area contributed by atoms with Gasteiger partial charge < -0.3 is 19.9 Å². The van der Waals surface area contributed by atoms with Crippen molar-refractivity contribution < 1.29 is 14.3 Å². The maximum Gasteiger partial charge on any atom is 0.410 e. The molecule has 0 aromatic carbocycles. The van der Waals surface area contributed by atoms with Crippen LogP contribution < -0.4 is 5.32 Å². The first-order chi connectivity index (χ1) is 8.61. The highest BCUT2D eigenvalue weighted by atomic mass is 16.6. The van der Waals surface area contributed by atoms with E-state index in [4.69, 9.17) is 4.74 Å². The Morgan fingerprint density at radius 3 is 2.37 bits per heavy atom. The number of rotatable bonds is 1. The van der Waals surface area contributed by atoms with Gasteiger partial charge in [0.05, 0.1) is 0 Å². The first kappa shape index (κ1) is 15.8. The van der Waals surface area contributed by atoms with Crippen molar-refractivity contribution in [2.24, 2.45) is 0 Å². The van der Waals surface area contributed by atoms with E-state index in [0.717, 1.165) is 0 Å². The molecule has 1 aliphatic heterocycles. The number of amides is 2. The lowest BCUT2D eigenvalue weighted by molar-refractivity contribution is -0.132. The molecular weight excluding hydrogens is 246 g/mol. The first-order valence-corrected chi connectivity index (χ1v) is 6.56. The summed E-state index contributed by atoms with van der Waals surface area (Å²) >= 11 is 0. The monoisotopic (exact) mass is 271 g/mol. The minimum Gasteiger partial charge on any atom is -0.444 e. The molecule has 2 amide bonds. The van der Waals surface area contributed by atoms with Gasteiger partial charge in [0, 0.05) is 33.2 Å². The zero-order valence-electron chi connectivity index (χ0n) is 12.7. The minimum atomic E-state index is -0.525. The Bertz CT molecular complexity index is 350. The van der Waals surface area contributed by atoms with Gasteiger partial charge in [0.1, 0.15) is 11.6 Å². The molecule has 2 atom stereocenters. The van der Waals surface area contributed by atoms with E-state index in [9.17, 15) is 9.59 Å². The molecule has 110 valence electrons. The summed E-state index contributed by atoms with van der Waals surface area (Å²) in [4.78, 5) is 27.2. The van der Waals surface area contributed by atoms with E-state index in [-0.39, 0.29) is 24.1 Å². The van der Waals surface area contributed by atoms with Crippen LogP contribution in [0.25, 0.3) is 0 Å². The van der Waals surface area contributed by atoms with Crippen molar-refractivity contribution in [3.05, 3.63) is 0 Å². The van der Waals surface area contributed by atoms with Crippen molar-refractivity contribution in [2.75, 3.05) is 27.2 Å². The second-order valence-electron chi connectivity index (χ2n) is 6.18. The zero-order valence-corrected chi connectivity index (χ0v) is 12.7. The van der Waals surface area contributed by atoms with Gasteiger partial charge in [-0.05, 0) is 27.7 Å². The fourth-order valence-corrected chi connectivity index (χ4v) is 1.92. The van der Waals surface area contributed by atoms with E-state index < -0.39 is 5.60 Å². The fraction of sp³-hybridized carbons (Fsp3) is 0.846. The average molecular weight is 271 g/mol. The summed E-state index contributed by atoms with van der Waals surface area (Å²) in [5.41, 5.74) is -0.525. The molecule has 0 aliphatic carbocycles. The van der Waals surface area contributed by atoms with Crippen molar-refractivity contribution in [3.8, 4) is 0 Å². The van der Waals surface area contributed by atoms with Gasteiger partial charge in [0.2, 0.25) is 5.91 Å². The number of nitrogens with zero attached hydrogens (tertiary/aromatic N) is 2. The van der Waals surface area contributed by atoms with Crippen LogP contribution in [-0.2, 0) is 9.53 Å². The maximum atomic E-state index is 12.1. The highest BCUT2D eigenvalue weighted by Crippen LogP contribution is 2.15. The molecule has 1 N–H and O–H groups in total. The van der Waals surface area contributed by atoms with Crippen molar-refractivity contribution in [2.45, 2.75) is 45.4 Å². The van der Waals surface area contributed by atoms with E-state index >= 15 is 0 Å². The van der Waals surface area contributed by atoms with Gasteiger partial charge in [-0.2, -0.15) is 0 Å². The topological polar surface area (TPSA) is 61.9 Å². The number of likely N-dealkylation sites (N-methyl/N-ethyl adjacent to an activating group) is 1. The minimum absolute atomic E-state index is 0.0149. The largest absolute Gasteiger partial charge is 0.444 e. The quantitative estimate of drug-likeness (QED) is 0.761. The zero-order chi connectivity index (χ0) is 14.8. The molecule has 0 bridgehead atoms. The molecule has 2 unspecified atom stereocenters. The molecule has 1 fully saturated rings. The number of carbonyl (C=O) groups excluding carboxylic acids is 2. The van der Waals surface area contributed by atoms with Crippen molar-refractivity contribution in [3.63, 3.8) is 0 Å². The summed E-state index contributed by atoms with van der Waals surface area (Å²) in [5, 5.41) is 3.16. The molecule has 6 nitrogen and oxygen atoms in total. The van der Waals surface area contributed by atoms with E-state index in [1.54, 1.807) is 19.0 Å². The number of nitrogens with one attached hydrogen (secondary N) is 1. The third kappa shape index (κ3) is 4.38. The SMILES string of the molecule is CC1CNC(C(=O)N(C)C)CN1C(=O)OC(C)(C)C. The summed E-state index contributed by atoms with van der Waals surface area (Å²) in [6.07, 6.45) is -0.363. The number of hydrogen-bond acceptors (Lipinski definition) is 4. The van der Waals surface area contributed by atoms with Gasteiger partial charge in [-0.1, -0.05) is 0 Å². The first-order valence-electron chi connectivity index (χ1n) is 6.56. The molecule has 0 saturated carbocycles. The Morgan fingerprint density at radius 2 is 1.89 bits per heavy atom. The molecule has 6 heteroatoms. The molecule has 0 aromatic heterocycles. The van der Waals surface area contributed by atoms with Crippen LogP contribution >= 0.6 is 0 Å². The maximum absolute atomic E-state index is 12.1. The summed E-state index contributed by atoms with van der Waals surface area (Å²) in [7, 11) is 3.42. The van der Waals surface area contributed by atoms with Crippen LogP contribution in [0.15, 0.2) is 0 Å². The van der Waals surface area contributed by atoms with Gasteiger partial charge >= 0.3 is 6.09 Å². The van der Waals surface area contributed by atoms with E-state index in [2.05, 4.69) is 5.32 Å². The average Bonchev–Trinajstić information content (AvgIpc) is 2.26. The lowest BCUT2D eigenvalue weighted by Gasteiger charge is -2.39. The van der Waals surface area contributed by atoms with E-state index in [0.29, 0.717) is 13.1 Å². The third-order valence-corrected chi connectivity index (χ3v) is 2.94. The van der Waals surface area contributed by atoms with Gasteiger partial charge in [0.25, 0.3) is 0 Å². The molecule has 1 heterocycles. The van der Waals surface area contributed by atoms with Crippen LogP contribution in [0.5, 0.6) is 0 Å². The highest BCUT2D eigenvalue weighted by molar-refractivity contribution is 5.82. The second-order valence-corrected chi connectivity index (χ2v) is 6.18. The molecule has 1 aliphatic rings. The predicted octanol–water partition coefficient (Wildman–Crippen LogP) is 0.672. The second kappa shape index (κ2) is 5.77. The molecule has 0 aromatic rings. The highest BCUT2D eigenvalue weighted by Gasteiger charge is 2.35. The lowest BCUT2D eigenvalue weighted by Crippen LogP contribution is -2.61. The third-order valence-electron chi connectivity index (χ3n) is 2.94. The lowest BCUT2D eigenvalue weighted by atomic mass is 10.1. The van der Waals surface area contributed by atoms with Gasteiger partial charge in [-0.3, -0.25) is 4.79 Å². The Hall–Kier alpha value is -1.30. The Morgan fingerprint density at radius 1 is 1.32 bits per heavy atom. The van der Waals surface area contributed by atoms with Crippen LogP contribution in [-0.4, -0.2) is 66.7 Å². The van der Waals surface area contributed by atoms with Gasteiger partial charge in [-0.15, -0.1) is 0 Å². The molecule has 0 spiro atoms. The molecule has 1 saturated heterocycles. The van der Waals surface area contributed by atoms with E-state index in [1.165, 1.54) is 4.90 Å². The van der Waals surface area contributed by atoms with Crippen LogP contribution in [0, 0.1) is 0 Å². The number of ether oxygens (including phenoxy) is 1. The van der Waals surface area contributed by atoms with Gasteiger partial charge in [0.15, 0.2) is 0 Å². The Balaban J connectivity index is 2.71. The molecular formula is C13H25N3O3. The Kier molecular flexibility index (Phi) is 4.79. The summed E-state index contributed by atoms with van der Waals surface area (Å²) in [5.74, 6) is -0.0274. The number of carbonyl (C=O) groups is 2. The number of hydrogen-bond donors (Lipinski definition) is 1. The van der Waals surface area contributed by atoms with Crippen molar-refractivity contribution in [1.82, 2.24) is 15.1 Å². The smallest absolute Gasteiger partial charge is 0.410 e. The summed E-state index contributed by atoms with van der Waals surface area (Å²) in [6, 6.07) is -0.347. The Labute approximate surface area is 115 Å². The number of piperazine rings is 1. The van der Waals surface area contributed by atoms with E-state index in [1.807, 2.05) is 27.7 Å². The fourth-order valence-electron chi connectivity index (χ4n) is 1.92. The van der Waals surface area contributed by atoms with Crippen molar-refractivity contribution in [1.29, 1.82) is 0 Å². The van der Waals surface area contributed by atoms with Crippen LogP contribution in [0.2, 0.25) is 0 Å². The van der Waals surface area contributed by atoms with Crippen LogP contribution in [0.1, 0.15) is 27.7 Å². The van der Waals surface area contributed by atoms with Gasteiger partial charge in [-0.25, -0.2) is 4.79 Å². The van der Waals surface area contributed by atoms with Crippen molar-refractivity contribution >= 4 is 12.0 Å². The molecule has 19 heavy (non-hydrogen) atoms. The predicted molar refractivity (Wildman–Crippen MR) is 72.9 cm³/mol. The van der Waals surface area contributed by atoms with Crippen LogP contribution in [0.3, 0.4) is 0 Å². The summed E-state index contributed by atoms with van der Waals surface area (Å²) < 4.78 is 5.37. The molecule has 0 radical (unpaired) electrons. The normalized spacial score (nSPS) is 24.0. The van der Waals surface area contributed by atoms with Crippen LogP contribution in [0.4, 0.5) is 4.79 Å². The standard InChI is InChI=1S/C13H25N3O3/c1-9-7-14-10(11(17)15(5)6)8-16(9)12(18)19-13(2,3)4/h9-10,14H,7-8H2,1-6H3. The molecule has 1 rings (SSSR count).